The molecule has 1 unspecified atom stereocenters. The summed E-state index contributed by atoms with van der Waals surface area (Å²) in [5.41, 5.74) is 8.49. The van der Waals surface area contributed by atoms with Crippen LogP contribution in [0.15, 0.2) is 35.4 Å². The van der Waals surface area contributed by atoms with Crippen LogP contribution >= 0.6 is 11.8 Å². The normalized spacial score (nSPS) is 19.0. The van der Waals surface area contributed by atoms with Crippen molar-refractivity contribution in [2.75, 3.05) is 11.5 Å². The smallest absolute Gasteiger partial charge is 0.125 e. The molecule has 3 nitrogen and oxygen atoms in total. The first-order valence-electron chi connectivity index (χ1n) is 5.78. The molecule has 1 aromatic heterocycles. The predicted molar refractivity (Wildman–Crippen MR) is 71.3 cm³/mol. The van der Waals surface area contributed by atoms with Gasteiger partial charge in [0.25, 0.3) is 0 Å². The number of rotatable bonds is 1. The van der Waals surface area contributed by atoms with Gasteiger partial charge < -0.3 is 5.73 Å². The lowest BCUT2D eigenvalue weighted by Crippen LogP contribution is -2.18. The highest BCUT2D eigenvalue weighted by molar-refractivity contribution is 7.99. The third kappa shape index (κ3) is 1.72. The Morgan fingerprint density at radius 1 is 1.41 bits per heavy atom. The van der Waals surface area contributed by atoms with Crippen LogP contribution in [-0.4, -0.2) is 15.5 Å². The Balaban J connectivity index is 2.09. The number of thioether (sulfide) groups is 1. The van der Waals surface area contributed by atoms with Gasteiger partial charge in [-0.1, -0.05) is 18.2 Å². The molecular formula is C13H15N3S. The van der Waals surface area contributed by atoms with Gasteiger partial charge in [0.15, 0.2) is 0 Å². The van der Waals surface area contributed by atoms with E-state index < -0.39 is 0 Å². The van der Waals surface area contributed by atoms with Gasteiger partial charge in [0, 0.05) is 16.2 Å². The number of hydrogen-bond donors (Lipinski definition) is 1. The minimum Gasteiger partial charge on any atom is -0.384 e. The summed E-state index contributed by atoms with van der Waals surface area (Å²) >= 11 is 1.92. The summed E-state index contributed by atoms with van der Waals surface area (Å²) in [5, 5.41) is 4.42. The Kier molecular flexibility index (Phi) is 2.59. The third-order valence-electron chi connectivity index (χ3n) is 3.25. The van der Waals surface area contributed by atoms with Crippen LogP contribution in [0.5, 0.6) is 0 Å². The predicted octanol–water partition coefficient (Wildman–Crippen LogP) is 2.86. The fourth-order valence-corrected chi connectivity index (χ4v) is 3.39. The highest BCUT2D eigenvalue weighted by Gasteiger charge is 2.24. The van der Waals surface area contributed by atoms with Gasteiger partial charge in [-0.3, -0.25) is 0 Å². The highest BCUT2D eigenvalue weighted by atomic mass is 32.2. The molecule has 1 aliphatic rings. The van der Waals surface area contributed by atoms with Crippen molar-refractivity contribution in [1.82, 2.24) is 9.78 Å². The van der Waals surface area contributed by atoms with Gasteiger partial charge in [0.1, 0.15) is 5.82 Å². The number of nitrogens with two attached hydrogens (primary N) is 1. The molecule has 4 heteroatoms. The van der Waals surface area contributed by atoms with Gasteiger partial charge in [-0.25, -0.2) is 4.68 Å². The number of aryl methyl sites for hydroxylation is 1. The Morgan fingerprint density at radius 2 is 2.24 bits per heavy atom. The van der Waals surface area contributed by atoms with Crippen LogP contribution in [0.3, 0.4) is 0 Å². The summed E-state index contributed by atoms with van der Waals surface area (Å²) in [7, 11) is 0. The molecule has 1 aromatic carbocycles. The van der Waals surface area contributed by atoms with Gasteiger partial charge in [-0.05, 0) is 25.0 Å². The SMILES string of the molecule is Cc1cnn(C2CCSc3ccccc32)c1N. The molecule has 0 spiro atoms. The van der Waals surface area contributed by atoms with Crippen LogP contribution in [0.2, 0.25) is 0 Å². The van der Waals surface area contributed by atoms with Gasteiger partial charge in [0.05, 0.1) is 12.2 Å². The average molecular weight is 245 g/mol. The average Bonchev–Trinajstić information content (AvgIpc) is 2.69. The molecule has 0 bridgehead atoms. The molecule has 1 atom stereocenters. The Hall–Kier alpha value is -1.42. The van der Waals surface area contributed by atoms with Crippen molar-refractivity contribution in [3.63, 3.8) is 0 Å². The topological polar surface area (TPSA) is 43.8 Å². The van der Waals surface area contributed by atoms with Gasteiger partial charge in [-0.2, -0.15) is 5.10 Å². The molecule has 0 amide bonds. The van der Waals surface area contributed by atoms with E-state index in [0.29, 0.717) is 6.04 Å². The number of nitrogen functional groups attached to an aromatic ring is 1. The fraction of sp³-hybridized carbons (Fsp3) is 0.308. The van der Waals surface area contributed by atoms with E-state index in [-0.39, 0.29) is 0 Å². The largest absolute Gasteiger partial charge is 0.384 e. The van der Waals surface area contributed by atoms with Gasteiger partial charge >= 0.3 is 0 Å². The van der Waals surface area contributed by atoms with E-state index in [2.05, 4.69) is 29.4 Å². The van der Waals surface area contributed by atoms with Crippen LogP contribution in [0.1, 0.15) is 23.6 Å². The molecule has 0 radical (unpaired) electrons. The zero-order valence-corrected chi connectivity index (χ0v) is 10.6. The maximum atomic E-state index is 6.08. The molecular weight excluding hydrogens is 230 g/mol. The monoisotopic (exact) mass is 245 g/mol. The molecule has 17 heavy (non-hydrogen) atoms. The standard InChI is InChI=1S/C13H15N3S/c1-9-8-15-16(13(9)14)11-6-7-17-12-5-3-2-4-10(11)12/h2-5,8,11H,6-7,14H2,1H3. The van der Waals surface area contributed by atoms with Crippen LogP contribution < -0.4 is 5.73 Å². The van der Waals surface area contributed by atoms with Crippen molar-refractivity contribution in [1.29, 1.82) is 0 Å². The number of aromatic nitrogens is 2. The van der Waals surface area contributed by atoms with Gasteiger partial charge in [-0.15, -0.1) is 11.8 Å². The molecule has 0 saturated heterocycles. The van der Waals surface area contributed by atoms with Crippen molar-refractivity contribution < 1.29 is 0 Å². The molecule has 88 valence electrons. The molecule has 1 aliphatic heterocycles. The van der Waals surface area contributed by atoms with E-state index in [4.69, 9.17) is 5.73 Å². The molecule has 2 aromatic rings. The summed E-state index contributed by atoms with van der Waals surface area (Å²) in [4.78, 5) is 1.36. The highest BCUT2D eigenvalue weighted by Crippen LogP contribution is 2.38. The first kappa shape index (κ1) is 10.7. The van der Waals surface area contributed by atoms with E-state index in [9.17, 15) is 0 Å². The Bertz CT molecular complexity index is 547. The third-order valence-corrected chi connectivity index (χ3v) is 4.37. The Morgan fingerprint density at radius 3 is 3.00 bits per heavy atom. The van der Waals surface area contributed by atoms with Crippen LogP contribution in [0, 0.1) is 6.92 Å². The zero-order chi connectivity index (χ0) is 11.8. The van der Waals surface area contributed by atoms with Crippen molar-refractivity contribution in [2.24, 2.45) is 0 Å². The van der Waals surface area contributed by atoms with Crippen molar-refractivity contribution >= 4 is 17.6 Å². The van der Waals surface area contributed by atoms with Crippen molar-refractivity contribution in [2.45, 2.75) is 24.3 Å². The van der Waals surface area contributed by atoms with E-state index in [0.717, 1.165) is 23.6 Å². The second kappa shape index (κ2) is 4.11. The summed E-state index contributed by atoms with van der Waals surface area (Å²) < 4.78 is 1.97. The summed E-state index contributed by atoms with van der Waals surface area (Å²) in [6.07, 6.45) is 2.94. The second-order valence-electron chi connectivity index (χ2n) is 4.35. The van der Waals surface area contributed by atoms with E-state index >= 15 is 0 Å². The van der Waals surface area contributed by atoms with E-state index in [1.807, 2.05) is 29.6 Å². The maximum absolute atomic E-state index is 6.08. The fourth-order valence-electron chi connectivity index (χ4n) is 2.28. The number of nitrogens with zero attached hydrogens (tertiary/aromatic N) is 2. The first-order valence-corrected chi connectivity index (χ1v) is 6.77. The lowest BCUT2D eigenvalue weighted by atomic mass is 10.0. The molecule has 2 N–H and O–H groups in total. The number of hydrogen-bond acceptors (Lipinski definition) is 3. The quantitative estimate of drug-likeness (QED) is 0.840. The summed E-state index contributed by atoms with van der Waals surface area (Å²) in [6, 6.07) is 8.83. The lowest BCUT2D eigenvalue weighted by Gasteiger charge is -2.26. The second-order valence-corrected chi connectivity index (χ2v) is 5.48. The summed E-state index contributed by atoms with van der Waals surface area (Å²) in [6.45, 7) is 2.00. The molecule has 2 heterocycles. The van der Waals surface area contributed by atoms with Crippen molar-refractivity contribution in [3.8, 4) is 0 Å². The zero-order valence-electron chi connectivity index (χ0n) is 9.76. The molecule has 0 fully saturated rings. The lowest BCUT2D eigenvalue weighted by molar-refractivity contribution is 0.507. The molecule has 3 rings (SSSR count). The minimum atomic E-state index is 0.293. The molecule has 0 saturated carbocycles. The number of fused-ring (bicyclic) bond motifs is 1. The molecule has 0 aliphatic carbocycles. The number of benzene rings is 1. The Labute approximate surface area is 105 Å². The summed E-state index contributed by atoms with van der Waals surface area (Å²) in [5.74, 6) is 1.91. The number of anilines is 1. The van der Waals surface area contributed by atoms with E-state index in [1.54, 1.807) is 0 Å². The first-order chi connectivity index (χ1) is 8.27. The van der Waals surface area contributed by atoms with Crippen LogP contribution in [0.4, 0.5) is 5.82 Å². The van der Waals surface area contributed by atoms with Crippen LogP contribution in [-0.2, 0) is 0 Å². The van der Waals surface area contributed by atoms with Crippen molar-refractivity contribution in [3.05, 3.63) is 41.6 Å². The minimum absolute atomic E-state index is 0.293. The maximum Gasteiger partial charge on any atom is 0.125 e. The van der Waals surface area contributed by atoms with Gasteiger partial charge in [0.2, 0.25) is 0 Å². The van der Waals surface area contributed by atoms with Crippen LogP contribution in [0.25, 0.3) is 0 Å². The van der Waals surface area contributed by atoms with E-state index in [1.165, 1.54) is 10.5 Å².